The van der Waals surface area contributed by atoms with Crippen LogP contribution in [0.1, 0.15) is 32.3 Å². The van der Waals surface area contributed by atoms with E-state index in [0.29, 0.717) is 39.2 Å². The van der Waals surface area contributed by atoms with Crippen molar-refractivity contribution in [3.05, 3.63) is 29.8 Å². The Morgan fingerprint density at radius 3 is 2.50 bits per heavy atom. The van der Waals surface area contributed by atoms with E-state index in [4.69, 9.17) is 15.2 Å². The van der Waals surface area contributed by atoms with Crippen molar-refractivity contribution in [1.82, 2.24) is 0 Å². The van der Waals surface area contributed by atoms with E-state index in [1.165, 1.54) is 0 Å². The zero-order valence-corrected chi connectivity index (χ0v) is 13.4. The summed E-state index contributed by atoms with van der Waals surface area (Å²) >= 11 is 0. The van der Waals surface area contributed by atoms with Gasteiger partial charge in [-0.3, -0.25) is 4.79 Å². The first-order chi connectivity index (χ1) is 10.6. The van der Waals surface area contributed by atoms with Crippen molar-refractivity contribution in [2.75, 3.05) is 25.1 Å². The fraction of sp³-hybridized carbons (Fsp3) is 0.588. The highest BCUT2D eigenvalue weighted by molar-refractivity contribution is 5.95. The Morgan fingerprint density at radius 1 is 1.32 bits per heavy atom. The number of nitrogens with two attached hydrogens (primary N) is 1. The maximum atomic E-state index is 12.5. The lowest BCUT2D eigenvalue weighted by Crippen LogP contribution is -2.46. The molecule has 0 spiro atoms. The highest BCUT2D eigenvalue weighted by Crippen LogP contribution is 2.30. The van der Waals surface area contributed by atoms with Gasteiger partial charge in [0.05, 0.1) is 18.1 Å². The van der Waals surface area contributed by atoms with Gasteiger partial charge in [-0.1, -0.05) is 12.1 Å². The van der Waals surface area contributed by atoms with E-state index in [2.05, 4.69) is 5.32 Å². The van der Waals surface area contributed by atoms with E-state index in [-0.39, 0.29) is 12.0 Å². The second-order valence-electron chi connectivity index (χ2n) is 6.11. The van der Waals surface area contributed by atoms with Gasteiger partial charge >= 0.3 is 0 Å². The van der Waals surface area contributed by atoms with E-state index in [1.807, 2.05) is 38.1 Å². The SMILES string of the molecule is CC(C)OCc1ccc(NC(=O)C2(CN)CCOCC2)cc1. The third kappa shape index (κ3) is 4.29. The molecule has 1 aliphatic heterocycles. The Morgan fingerprint density at radius 2 is 1.95 bits per heavy atom. The standard InChI is InChI=1S/C17H26N2O3/c1-13(2)22-11-14-3-5-15(6-4-14)19-16(20)17(12-18)7-9-21-10-8-17/h3-6,13H,7-12,18H2,1-2H3,(H,19,20). The highest BCUT2D eigenvalue weighted by Gasteiger charge is 2.38. The average molecular weight is 306 g/mol. The number of hydrogen-bond acceptors (Lipinski definition) is 4. The largest absolute Gasteiger partial charge is 0.381 e. The lowest BCUT2D eigenvalue weighted by atomic mass is 9.79. The third-order valence-electron chi connectivity index (χ3n) is 4.12. The number of anilines is 1. The van der Waals surface area contributed by atoms with Gasteiger partial charge < -0.3 is 20.5 Å². The Balaban J connectivity index is 1.96. The lowest BCUT2D eigenvalue weighted by molar-refractivity contribution is -0.130. The molecule has 3 N–H and O–H groups in total. The molecule has 22 heavy (non-hydrogen) atoms. The molecule has 122 valence electrons. The molecule has 0 aliphatic carbocycles. The normalized spacial score (nSPS) is 17.5. The summed E-state index contributed by atoms with van der Waals surface area (Å²) in [7, 11) is 0. The maximum absolute atomic E-state index is 12.5. The van der Waals surface area contributed by atoms with Crippen LogP contribution in [0.25, 0.3) is 0 Å². The molecule has 1 heterocycles. The second-order valence-corrected chi connectivity index (χ2v) is 6.11. The number of amides is 1. The van der Waals surface area contributed by atoms with Crippen LogP contribution in [0.15, 0.2) is 24.3 Å². The minimum atomic E-state index is -0.502. The Hall–Kier alpha value is -1.43. The number of rotatable bonds is 6. The van der Waals surface area contributed by atoms with Gasteiger partial charge in [-0.25, -0.2) is 0 Å². The smallest absolute Gasteiger partial charge is 0.232 e. The first-order valence-corrected chi connectivity index (χ1v) is 7.85. The molecule has 0 aromatic heterocycles. The van der Waals surface area contributed by atoms with Crippen molar-refractivity contribution in [3.8, 4) is 0 Å². The van der Waals surface area contributed by atoms with Crippen LogP contribution >= 0.6 is 0 Å². The topological polar surface area (TPSA) is 73.6 Å². The van der Waals surface area contributed by atoms with Gasteiger partial charge in [0, 0.05) is 25.4 Å². The molecule has 1 fully saturated rings. The van der Waals surface area contributed by atoms with Crippen LogP contribution in [0.3, 0.4) is 0 Å². The summed E-state index contributed by atoms with van der Waals surface area (Å²) in [4.78, 5) is 12.5. The second kappa shape index (κ2) is 7.72. The number of hydrogen-bond donors (Lipinski definition) is 2. The molecule has 1 saturated heterocycles. The average Bonchev–Trinajstić information content (AvgIpc) is 2.54. The van der Waals surface area contributed by atoms with Gasteiger partial charge in [0.15, 0.2) is 0 Å². The third-order valence-corrected chi connectivity index (χ3v) is 4.12. The predicted molar refractivity (Wildman–Crippen MR) is 86.5 cm³/mol. The zero-order valence-electron chi connectivity index (χ0n) is 13.4. The van der Waals surface area contributed by atoms with E-state index in [0.717, 1.165) is 11.3 Å². The van der Waals surface area contributed by atoms with Gasteiger partial charge in [0.1, 0.15) is 0 Å². The van der Waals surface area contributed by atoms with Crippen molar-refractivity contribution in [2.24, 2.45) is 11.1 Å². The monoisotopic (exact) mass is 306 g/mol. The minimum Gasteiger partial charge on any atom is -0.381 e. The summed E-state index contributed by atoms with van der Waals surface area (Å²) in [6, 6.07) is 7.75. The molecule has 1 aliphatic rings. The van der Waals surface area contributed by atoms with Crippen molar-refractivity contribution in [3.63, 3.8) is 0 Å². The fourth-order valence-corrected chi connectivity index (χ4v) is 2.50. The number of ether oxygens (including phenoxy) is 2. The predicted octanol–water partition coefficient (Wildman–Crippen LogP) is 2.31. The summed E-state index contributed by atoms with van der Waals surface area (Å²) in [5, 5.41) is 2.98. The quantitative estimate of drug-likeness (QED) is 0.846. The van der Waals surface area contributed by atoms with Crippen molar-refractivity contribution >= 4 is 11.6 Å². The van der Waals surface area contributed by atoms with Gasteiger partial charge in [-0.15, -0.1) is 0 Å². The zero-order chi connectivity index (χ0) is 16.0. The maximum Gasteiger partial charge on any atom is 0.232 e. The molecule has 1 amide bonds. The van der Waals surface area contributed by atoms with Gasteiger partial charge in [0.25, 0.3) is 0 Å². The van der Waals surface area contributed by atoms with Gasteiger partial charge in [-0.2, -0.15) is 0 Å². The van der Waals surface area contributed by atoms with E-state index >= 15 is 0 Å². The first-order valence-electron chi connectivity index (χ1n) is 7.85. The molecule has 0 radical (unpaired) electrons. The Labute approximate surface area is 132 Å². The van der Waals surface area contributed by atoms with Crippen molar-refractivity contribution < 1.29 is 14.3 Å². The summed E-state index contributed by atoms with van der Waals surface area (Å²) in [6.07, 6.45) is 1.56. The van der Waals surface area contributed by atoms with Crippen molar-refractivity contribution in [2.45, 2.75) is 39.4 Å². The number of nitrogens with one attached hydrogen (secondary N) is 1. The van der Waals surface area contributed by atoms with E-state index in [1.54, 1.807) is 0 Å². The van der Waals surface area contributed by atoms with Crippen LogP contribution in [0.4, 0.5) is 5.69 Å². The molecule has 1 aromatic rings. The van der Waals surface area contributed by atoms with Crippen LogP contribution in [0, 0.1) is 5.41 Å². The van der Waals surface area contributed by atoms with Gasteiger partial charge in [0.2, 0.25) is 5.91 Å². The van der Waals surface area contributed by atoms with Gasteiger partial charge in [-0.05, 0) is 44.4 Å². The minimum absolute atomic E-state index is 0.00974. The van der Waals surface area contributed by atoms with Crippen LogP contribution < -0.4 is 11.1 Å². The van der Waals surface area contributed by atoms with Crippen LogP contribution in [-0.2, 0) is 20.9 Å². The summed E-state index contributed by atoms with van der Waals surface area (Å²) < 4.78 is 10.9. The van der Waals surface area contributed by atoms with Crippen LogP contribution in [0.2, 0.25) is 0 Å². The molecule has 2 rings (SSSR count). The molecular weight excluding hydrogens is 280 g/mol. The molecule has 0 atom stereocenters. The summed E-state index contributed by atoms with van der Waals surface area (Å²) in [5.74, 6) is -0.00974. The number of carbonyl (C=O) groups excluding carboxylic acids is 1. The molecule has 5 heteroatoms. The lowest BCUT2D eigenvalue weighted by Gasteiger charge is -2.34. The summed E-state index contributed by atoms with van der Waals surface area (Å²) in [6.45, 7) is 6.13. The summed E-state index contributed by atoms with van der Waals surface area (Å²) in [5.41, 5.74) is 7.23. The van der Waals surface area contributed by atoms with Crippen LogP contribution in [0.5, 0.6) is 0 Å². The van der Waals surface area contributed by atoms with Crippen LogP contribution in [-0.4, -0.2) is 31.8 Å². The molecule has 5 nitrogen and oxygen atoms in total. The molecule has 0 unspecified atom stereocenters. The number of carbonyl (C=O) groups is 1. The Kier molecular flexibility index (Phi) is 5.94. The molecular formula is C17H26N2O3. The highest BCUT2D eigenvalue weighted by atomic mass is 16.5. The fourth-order valence-electron chi connectivity index (χ4n) is 2.50. The van der Waals surface area contributed by atoms with E-state index in [9.17, 15) is 4.79 Å². The van der Waals surface area contributed by atoms with Crippen molar-refractivity contribution in [1.29, 1.82) is 0 Å². The molecule has 0 bridgehead atoms. The molecule has 0 saturated carbocycles. The first kappa shape index (κ1) is 16.9. The Bertz CT molecular complexity index is 479. The van der Waals surface area contributed by atoms with E-state index < -0.39 is 5.41 Å². The number of benzene rings is 1. The molecule has 1 aromatic carbocycles.